The van der Waals surface area contributed by atoms with E-state index in [1.807, 2.05) is 0 Å². The Kier molecular flexibility index (Phi) is 4.81. The number of ether oxygens (including phenoxy) is 1. The first-order valence-electron chi connectivity index (χ1n) is 8.53. The van der Waals surface area contributed by atoms with Crippen LogP contribution in [0.4, 0.5) is 0 Å². The summed E-state index contributed by atoms with van der Waals surface area (Å²) in [6, 6.07) is 8.82. The van der Waals surface area contributed by atoms with Crippen LogP contribution in [-0.4, -0.2) is 6.10 Å². The molecule has 21 heavy (non-hydrogen) atoms. The van der Waals surface area contributed by atoms with E-state index in [9.17, 15) is 0 Å². The van der Waals surface area contributed by atoms with E-state index < -0.39 is 0 Å². The fourth-order valence-electron chi connectivity index (χ4n) is 3.64. The van der Waals surface area contributed by atoms with Gasteiger partial charge in [0, 0.05) is 6.04 Å². The number of rotatable bonds is 6. The molecule has 2 fully saturated rings. The van der Waals surface area contributed by atoms with Crippen molar-refractivity contribution in [2.45, 2.75) is 64.0 Å². The maximum Gasteiger partial charge on any atom is 0.119 e. The van der Waals surface area contributed by atoms with Crippen molar-refractivity contribution < 1.29 is 4.74 Å². The highest BCUT2D eigenvalue weighted by atomic mass is 16.5. The second-order valence-corrected chi connectivity index (χ2v) is 6.73. The number of hydrazine groups is 1. The second kappa shape index (κ2) is 6.80. The third-order valence-corrected chi connectivity index (χ3v) is 5.12. The first kappa shape index (κ1) is 14.9. The zero-order valence-corrected chi connectivity index (χ0v) is 13.1. The molecule has 0 saturated heterocycles. The Balaban J connectivity index is 1.66. The Labute approximate surface area is 128 Å². The predicted octanol–water partition coefficient (Wildman–Crippen LogP) is 3.95. The molecule has 3 rings (SSSR count). The maximum atomic E-state index is 5.87. The zero-order chi connectivity index (χ0) is 14.7. The van der Waals surface area contributed by atoms with Crippen molar-refractivity contribution in [2.75, 3.05) is 0 Å². The molecule has 0 spiro atoms. The molecule has 2 aliphatic rings. The highest BCUT2D eigenvalue weighted by molar-refractivity contribution is 5.30. The van der Waals surface area contributed by atoms with Crippen molar-refractivity contribution in [1.82, 2.24) is 5.43 Å². The summed E-state index contributed by atoms with van der Waals surface area (Å²) in [4.78, 5) is 0. The maximum absolute atomic E-state index is 5.87. The van der Waals surface area contributed by atoms with Crippen LogP contribution in [-0.2, 0) is 0 Å². The van der Waals surface area contributed by atoms with Gasteiger partial charge in [0.1, 0.15) is 5.75 Å². The lowest BCUT2D eigenvalue weighted by atomic mass is 9.75. The van der Waals surface area contributed by atoms with Crippen LogP contribution in [0.2, 0.25) is 0 Å². The van der Waals surface area contributed by atoms with Gasteiger partial charge >= 0.3 is 0 Å². The van der Waals surface area contributed by atoms with Crippen molar-refractivity contribution in [2.24, 2.45) is 17.7 Å². The van der Waals surface area contributed by atoms with Gasteiger partial charge in [-0.25, -0.2) is 0 Å². The van der Waals surface area contributed by atoms with E-state index in [1.54, 1.807) is 0 Å². The Bertz CT molecular complexity index is 441. The predicted molar refractivity (Wildman–Crippen MR) is 85.9 cm³/mol. The monoisotopic (exact) mass is 288 g/mol. The topological polar surface area (TPSA) is 47.3 Å². The first-order valence-corrected chi connectivity index (χ1v) is 8.53. The fraction of sp³-hybridized carbons (Fsp3) is 0.667. The van der Waals surface area contributed by atoms with E-state index in [1.165, 1.54) is 50.5 Å². The molecule has 3 heteroatoms. The molecule has 0 bridgehead atoms. The summed E-state index contributed by atoms with van der Waals surface area (Å²) in [7, 11) is 0. The second-order valence-electron chi connectivity index (χ2n) is 6.73. The molecule has 1 aromatic rings. The van der Waals surface area contributed by atoms with Crippen LogP contribution in [0.5, 0.6) is 5.75 Å². The minimum Gasteiger partial charge on any atom is -0.490 e. The molecule has 116 valence electrons. The molecule has 3 atom stereocenters. The molecule has 0 heterocycles. The van der Waals surface area contributed by atoms with Crippen LogP contribution >= 0.6 is 0 Å². The lowest BCUT2D eigenvalue weighted by Gasteiger charge is -2.34. The van der Waals surface area contributed by atoms with Gasteiger partial charge in [-0.2, -0.15) is 0 Å². The average Bonchev–Trinajstić information content (AvgIpc) is 3.34. The van der Waals surface area contributed by atoms with Gasteiger partial charge in [0.05, 0.1) is 6.10 Å². The van der Waals surface area contributed by atoms with Crippen molar-refractivity contribution in [1.29, 1.82) is 0 Å². The molecule has 3 unspecified atom stereocenters. The summed E-state index contributed by atoms with van der Waals surface area (Å²) in [5.41, 5.74) is 4.36. The SMILES string of the molecule is CCC1CCCC(C(NN)c2ccc(OC3CC3)cc2)C1. The molecule has 0 radical (unpaired) electrons. The quantitative estimate of drug-likeness (QED) is 0.615. The van der Waals surface area contributed by atoms with Crippen LogP contribution < -0.4 is 16.0 Å². The largest absolute Gasteiger partial charge is 0.490 e. The van der Waals surface area contributed by atoms with Crippen LogP contribution in [0.1, 0.15) is 63.5 Å². The van der Waals surface area contributed by atoms with Gasteiger partial charge in [-0.05, 0) is 55.2 Å². The lowest BCUT2D eigenvalue weighted by Crippen LogP contribution is -2.35. The number of nitrogens with two attached hydrogens (primary N) is 1. The number of benzene rings is 1. The van der Waals surface area contributed by atoms with E-state index in [2.05, 4.69) is 36.6 Å². The van der Waals surface area contributed by atoms with E-state index in [0.29, 0.717) is 12.0 Å². The normalized spacial score (nSPS) is 27.3. The Morgan fingerprint density at radius 1 is 1.19 bits per heavy atom. The summed E-state index contributed by atoms with van der Waals surface area (Å²) in [5.74, 6) is 8.39. The summed E-state index contributed by atoms with van der Waals surface area (Å²) in [5, 5.41) is 0. The van der Waals surface area contributed by atoms with Gasteiger partial charge in [-0.15, -0.1) is 0 Å². The molecule has 0 aliphatic heterocycles. The number of hydrogen-bond acceptors (Lipinski definition) is 3. The lowest BCUT2D eigenvalue weighted by molar-refractivity contribution is 0.210. The third kappa shape index (κ3) is 3.78. The molecular formula is C18H28N2O. The standard InChI is InChI=1S/C18H28N2O/c1-2-13-4-3-5-15(12-13)18(20-19)14-6-8-16(9-7-14)21-17-10-11-17/h6-9,13,15,17-18,20H,2-5,10-12,19H2,1H3. The van der Waals surface area contributed by atoms with Gasteiger partial charge in [0.25, 0.3) is 0 Å². The van der Waals surface area contributed by atoms with Gasteiger partial charge in [0.2, 0.25) is 0 Å². The zero-order valence-electron chi connectivity index (χ0n) is 13.1. The summed E-state index contributed by atoms with van der Waals surface area (Å²) < 4.78 is 5.82. The van der Waals surface area contributed by atoms with Crippen LogP contribution in [0.25, 0.3) is 0 Å². The van der Waals surface area contributed by atoms with Gasteiger partial charge in [-0.1, -0.05) is 38.3 Å². The fourth-order valence-corrected chi connectivity index (χ4v) is 3.64. The van der Waals surface area contributed by atoms with Crippen LogP contribution in [0.3, 0.4) is 0 Å². The van der Waals surface area contributed by atoms with E-state index >= 15 is 0 Å². The summed E-state index contributed by atoms with van der Waals surface area (Å²) in [6.45, 7) is 2.31. The minimum absolute atomic E-state index is 0.273. The molecule has 3 nitrogen and oxygen atoms in total. The van der Waals surface area contributed by atoms with Crippen LogP contribution in [0, 0.1) is 11.8 Å². The van der Waals surface area contributed by atoms with Gasteiger partial charge in [-0.3, -0.25) is 11.3 Å². The summed E-state index contributed by atoms with van der Waals surface area (Å²) in [6.07, 6.45) is 9.47. The molecule has 0 amide bonds. The van der Waals surface area contributed by atoms with Gasteiger partial charge < -0.3 is 4.74 Å². The molecule has 2 saturated carbocycles. The van der Waals surface area contributed by atoms with E-state index in [4.69, 9.17) is 10.6 Å². The smallest absolute Gasteiger partial charge is 0.119 e. The number of hydrogen-bond donors (Lipinski definition) is 2. The summed E-state index contributed by atoms with van der Waals surface area (Å²) >= 11 is 0. The van der Waals surface area contributed by atoms with Gasteiger partial charge in [0.15, 0.2) is 0 Å². The molecule has 1 aromatic carbocycles. The van der Waals surface area contributed by atoms with E-state index in [0.717, 1.165) is 11.7 Å². The molecule has 0 aromatic heterocycles. The Morgan fingerprint density at radius 3 is 2.57 bits per heavy atom. The van der Waals surface area contributed by atoms with Crippen molar-refractivity contribution in [3.05, 3.63) is 29.8 Å². The third-order valence-electron chi connectivity index (χ3n) is 5.12. The minimum atomic E-state index is 0.273. The van der Waals surface area contributed by atoms with E-state index in [-0.39, 0.29) is 6.04 Å². The average molecular weight is 288 g/mol. The van der Waals surface area contributed by atoms with Crippen molar-refractivity contribution in [3.63, 3.8) is 0 Å². The molecular weight excluding hydrogens is 260 g/mol. The van der Waals surface area contributed by atoms with Crippen molar-refractivity contribution >= 4 is 0 Å². The molecule has 3 N–H and O–H groups in total. The highest BCUT2D eigenvalue weighted by Crippen LogP contribution is 2.38. The Morgan fingerprint density at radius 2 is 1.95 bits per heavy atom. The Hall–Kier alpha value is -1.06. The molecule has 2 aliphatic carbocycles. The van der Waals surface area contributed by atoms with Crippen LogP contribution in [0.15, 0.2) is 24.3 Å². The highest BCUT2D eigenvalue weighted by Gasteiger charge is 2.28. The number of nitrogens with one attached hydrogen (secondary N) is 1. The first-order chi connectivity index (χ1) is 10.3. The van der Waals surface area contributed by atoms with Crippen molar-refractivity contribution in [3.8, 4) is 5.75 Å².